The summed E-state index contributed by atoms with van der Waals surface area (Å²) in [5.41, 5.74) is 2.48. The fourth-order valence-corrected chi connectivity index (χ4v) is 2.77. The van der Waals surface area contributed by atoms with E-state index in [1.54, 1.807) is 7.05 Å². The Morgan fingerprint density at radius 1 is 1.21 bits per heavy atom. The Kier molecular flexibility index (Phi) is 4.72. The molecule has 1 aromatic rings. The predicted molar refractivity (Wildman–Crippen MR) is 74.8 cm³/mol. The van der Waals surface area contributed by atoms with Gasteiger partial charge in [-0.1, -0.05) is 43.5 Å². The first-order valence-corrected chi connectivity index (χ1v) is 7.00. The lowest BCUT2D eigenvalue weighted by Crippen LogP contribution is -2.26. The third kappa shape index (κ3) is 3.66. The quantitative estimate of drug-likeness (QED) is 0.616. The van der Waals surface area contributed by atoms with Gasteiger partial charge in [0.15, 0.2) is 0 Å². The van der Waals surface area contributed by atoms with Crippen LogP contribution in [0.25, 0.3) is 0 Å². The van der Waals surface area contributed by atoms with Crippen molar-refractivity contribution in [3.8, 4) is 0 Å². The first kappa shape index (κ1) is 13.8. The number of amides is 1. The Balaban J connectivity index is 1.97. The van der Waals surface area contributed by atoms with Crippen LogP contribution in [0.5, 0.6) is 0 Å². The largest absolute Gasteiger partial charge is 0.335 e. The first-order valence-electron chi connectivity index (χ1n) is 7.00. The van der Waals surface area contributed by atoms with E-state index < -0.39 is 5.91 Å². The monoisotopic (exact) mass is 259 g/mol. The minimum Gasteiger partial charge on any atom is -0.335 e. The predicted octanol–water partition coefficient (Wildman–Crippen LogP) is 2.89. The van der Waals surface area contributed by atoms with Gasteiger partial charge in [0.05, 0.1) is 0 Å². The fourth-order valence-electron chi connectivity index (χ4n) is 2.77. The standard InChI is InChI=1S/C16H21NO2/c1-17(16(19)12-18)11-13-7-9-15(10-8-13)14-5-3-2-4-6-14/h7-10,12,14H,2-6,11H2,1H3. The van der Waals surface area contributed by atoms with E-state index in [0.29, 0.717) is 18.7 Å². The summed E-state index contributed by atoms with van der Waals surface area (Å²) in [6.07, 6.45) is 6.99. The molecule has 1 saturated carbocycles. The molecule has 1 amide bonds. The highest BCUT2D eigenvalue weighted by Gasteiger charge is 2.15. The number of rotatable bonds is 4. The van der Waals surface area contributed by atoms with Crippen molar-refractivity contribution in [3.63, 3.8) is 0 Å². The number of hydrogen-bond donors (Lipinski definition) is 0. The van der Waals surface area contributed by atoms with E-state index >= 15 is 0 Å². The lowest BCUT2D eigenvalue weighted by atomic mass is 9.84. The topological polar surface area (TPSA) is 37.4 Å². The molecule has 0 spiro atoms. The van der Waals surface area contributed by atoms with Crippen LogP contribution in [0.4, 0.5) is 0 Å². The maximum absolute atomic E-state index is 11.2. The highest BCUT2D eigenvalue weighted by atomic mass is 16.2. The molecule has 0 heterocycles. The smallest absolute Gasteiger partial charge is 0.286 e. The Hall–Kier alpha value is -1.64. The third-order valence-electron chi connectivity index (χ3n) is 3.95. The van der Waals surface area contributed by atoms with Gasteiger partial charge in [-0.2, -0.15) is 0 Å². The van der Waals surface area contributed by atoms with Crippen molar-refractivity contribution in [2.24, 2.45) is 0 Å². The normalized spacial score (nSPS) is 16.1. The molecule has 0 radical (unpaired) electrons. The van der Waals surface area contributed by atoms with Gasteiger partial charge >= 0.3 is 0 Å². The second-order valence-electron chi connectivity index (χ2n) is 5.39. The molecule has 0 N–H and O–H groups in total. The zero-order valence-electron chi connectivity index (χ0n) is 11.5. The summed E-state index contributed by atoms with van der Waals surface area (Å²) in [5.74, 6) is 0.230. The Bertz CT molecular complexity index is 433. The average molecular weight is 259 g/mol. The molecule has 0 unspecified atom stereocenters. The number of nitrogens with zero attached hydrogens (tertiary/aromatic N) is 1. The van der Waals surface area contributed by atoms with Gasteiger partial charge in [-0.25, -0.2) is 0 Å². The van der Waals surface area contributed by atoms with Crippen LogP contribution >= 0.6 is 0 Å². The summed E-state index contributed by atoms with van der Waals surface area (Å²) < 4.78 is 0. The molecule has 0 atom stereocenters. The average Bonchev–Trinajstić information content (AvgIpc) is 2.48. The van der Waals surface area contributed by atoms with Crippen LogP contribution in [-0.4, -0.2) is 24.1 Å². The molecule has 0 saturated heterocycles. The van der Waals surface area contributed by atoms with Crippen LogP contribution in [0, 0.1) is 0 Å². The number of likely N-dealkylation sites (N-methyl/N-ethyl adjacent to an activating group) is 1. The Morgan fingerprint density at radius 2 is 1.84 bits per heavy atom. The van der Waals surface area contributed by atoms with Crippen LogP contribution in [0.3, 0.4) is 0 Å². The minimum atomic E-state index is -0.476. The molecule has 1 fully saturated rings. The summed E-state index contributed by atoms with van der Waals surface area (Å²) in [5, 5.41) is 0. The van der Waals surface area contributed by atoms with Crippen molar-refractivity contribution in [1.82, 2.24) is 4.90 Å². The molecule has 1 aliphatic carbocycles. The molecule has 19 heavy (non-hydrogen) atoms. The highest BCUT2D eigenvalue weighted by Crippen LogP contribution is 2.32. The van der Waals surface area contributed by atoms with E-state index in [1.807, 2.05) is 0 Å². The van der Waals surface area contributed by atoms with Crippen molar-refractivity contribution in [2.75, 3.05) is 7.05 Å². The molecule has 3 nitrogen and oxygen atoms in total. The molecule has 1 aromatic carbocycles. The molecular formula is C16H21NO2. The molecule has 102 valence electrons. The summed E-state index contributed by atoms with van der Waals surface area (Å²) in [6.45, 7) is 0.489. The van der Waals surface area contributed by atoms with Crippen LogP contribution in [-0.2, 0) is 16.1 Å². The van der Waals surface area contributed by atoms with Gasteiger partial charge in [-0.05, 0) is 29.9 Å². The minimum absolute atomic E-state index is 0.358. The molecule has 0 aliphatic heterocycles. The van der Waals surface area contributed by atoms with Gasteiger partial charge in [0.1, 0.15) is 0 Å². The second kappa shape index (κ2) is 6.50. The van der Waals surface area contributed by atoms with Crippen molar-refractivity contribution < 1.29 is 9.59 Å². The van der Waals surface area contributed by atoms with Crippen molar-refractivity contribution in [2.45, 2.75) is 44.6 Å². The van der Waals surface area contributed by atoms with Gasteiger partial charge < -0.3 is 4.90 Å². The van der Waals surface area contributed by atoms with Gasteiger partial charge in [0.2, 0.25) is 6.29 Å². The molecule has 1 aliphatic rings. The molecule has 0 aromatic heterocycles. The number of carbonyl (C=O) groups excluding carboxylic acids is 2. The van der Waals surface area contributed by atoms with Gasteiger partial charge in [-0.15, -0.1) is 0 Å². The zero-order chi connectivity index (χ0) is 13.7. The third-order valence-corrected chi connectivity index (χ3v) is 3.95. The van der Waals surface area contributed by atoms with E-state index in [1.165, 1.54) is 42.6 Å². The van der Waals surface area contributed by atoms with E-state index in [2.05, 4.69) is 24.3 Å². The lowest BCUT2D eigenvalue weighted by Gasteiger charge is -2.22. The van der Waals surface area contributed by atoms with Crippen LogP contribution in [0.15, 0.2) is 24.3 Å². The fraction of sp³-hybridized carbons (Fsp3) is 0.500. The highest BCUT2D eigenvalue weighted by molar-refractivity contribution is 6.23. The van der Waals surface area contributed by atoms with Crippen LogP contribution < -0.4 is 0 Å². The second-order valence-corrected chi connectivity index (χ2v) is 5.39. The number of hydrogen-bond acceptors (Lipinski definition) is 2. The summed E-state index contributed by atoms with van der Waals surface area (Å²) >= 11 is 0. The van der Waals surface area contributed by atoms with Crippen molar-refractivity contribution in [1.29, 1.82) is 0 Å². The van der Waals surface area contributed by atoms with Gasteiger partial charge in [0.25, 0.3) is 5.91 Å². The van der Waals surface area contributed by atoms with E-state index in [4.69, 9.17) is 0 Å². The molecular weight excluding hydrogens is 238 g/mol. The first-order chi connectivity index (χ1) is 9.20. The maximum Gasteiger partial charge on any atom is 0.286 e. The van der Waals surface area contributed by atoms with Crippen LogP contribution in [0.2, 0.25) is 0 Å². The van der Waals surface area contributed by atoms with Gasteiger partial charge in [-0.3, -0.25) is 9.59 Å². The van der Waals surface area contributed by atoms with E-state index in [-0.39, 0.29) is 0 Å². The number of carbonyl (C=O) groups is 2. The van der Waals surface area contributed by atoms with Crippen LogP contribution in [0.1, 0.15) is 49.1 Å². The Labute approximate surface area is 114 Å². The number of aldehydes is 1. The Morgan fingerprint density at radius 3 is 2.42 bits per heavy atom. The van der Waals surface area contributed by atoms with Crippen molar-refractivity contribution >= 4 is 12.2 Å². The van der Waals surface area contributed by atoms with Gasteiger partial charge in [0, 0.05) is 13.6 Å². The molecule has 0 bridgehead atoms. The van der Waals surface area contributed by atoms with E-state index in [9.17, 15) is 9.59 Å². The SMILES string of the molecule is CN(Cc1ccc(C2CCCCC2)cc1)C(=O)C=O. The lowest BCUT2D eigenvalue weighted by molar-refractivity contribution is -0.138. The zero-order valence-corrected chi connectivity index (χ0v) is 11.5. The number of benzene rings is 1. The summed E-state index contributed by atoms with van der Waals surface area (Å²) in [4.78, 5) is 23.0. The van der Waals surface area contributed by atoms with Crippen molar-refractivity contribution in [3.05, 3.63) is 35.4 Å². The molecule has 3 heteroatoms. The summed E-state index contributed by atoms with van der Waals surface area (Å²) in [6, 6.07) is 8.48. The maximum atomic E-state index is 11.2. The molecule has 2 rings (SSSR count). The van der Waals surface area contributed by atoms with E-state index in [0.717, 1.165) is 5.56 Å². The summed E-state index contributed by atoms with van der Waals surface area (Å²) in [7, 11) is 1.64.